The molecule has 2 aromatic heterocycles. The molecule has 4 unspecified atom stereocenters. The molecular formula is C29H29N3O2. The van der Waals surface area contributed by atoms with Crippen LogP contribution in [0.5, 0.6) is 0 Å². The van der Waals surface area contributed by atoms with Gasteiger partial charge in [-0.1, -0.05) is 42.8 Å². The van der Waals surface area contributed by atoms with E-state index in [1.807, 2.05) is 77.6 Å². The Hall–Kier alpha value is -3.60. The minimum Gasteiger partial charge on any atom is -0.454 e. The number of nitrogens with zero attached hydrogens (tertiary/aromatic N) is 2. The lowest BCUT2D eigenvalue weighted by Crippen LogP contribution is -2.39. The minimum atomic E-state index is -0.0571. The average molecular weight is 452 g/mol. The number of amides is 1. The summed E-state index contributed by atoms with van der Waals surface area (Å²) in [6, 6.07) is 20.1. The summed E-state index contributed by atoms with van der Waals surface area (Å²) in [7, 11) is 0. The number of fused-ring (bicyclic) bond motifs is 3. The lowest BCUT2D eigenvalue weighted by Gasteiger charge is -2.28. The molecule has 2 aliphatic rings. The molecule has 2 bridgehead atoms. The van der Waals surface area contributed by atoms with Crippen LogP contribution in [0, 0.1) is 17.8 Å². The van der Waals surface area contributed by atoms with Crippen LogP contribution in [0.15, 0.2) is 77.4 Å². The third-order valence-corrected chi connectivity index (χ3v) is 7.64. The zero-order chi connectivity index (χ0) is 23.1. The topological polar surface area (TPSA) is 60.1 Å². The Morgan fingerprint density at radius 1 is 1.12 bits per heavy atom. The second-order valence-corrected chi connectivity index (χ2v) is 9.83. The van der Waals surface area contributed by atoms with Crippen LogP contribution in [0.25, 0.3) is 34.2 Å². The molecular weight excluding hydrogens is 422 g/mol. The van der Waals surface area contributed by atoms with Gasteiger partial charge in [-0.15, -0.1) is 0 Å². The van der Waals surface area contributed by atoms with Gasteiger partial charge in [0, 0.05) is 29.3 Å². The zero-order valence-corrected chi connectivity index (χ0v) is 19.4. The fraction of sp³-hybridized carbons (Fsp3) is 0.310. The number of nitrogens with one attached hydrogen (secondary N) is 1. The summed E-state index contributed by atoms with van der Waals surface area (Å²) in [4.78, 5) is 12.8. The SMILES string of the molecule is CC(NC(=O)C=Cc1cn(-c2ccccc2)nc1-c1cc2ccccc2o1)C1CC2CCC1C2. The van der Waals surface area contributed by atoms with Gasteiger partial charge in [0.2, 0.25) is 5.91 Å². The highest BCUT2D eigenvalue weighted by molar-refractivity contribution is 5.93. The molecule has 4 atom stereocenters. The Kier molecular flexibility index (Phi) is 5.33. The van der Waals surface area contributed by atoms with E-state index in [-0.39, 0.29) is 11.9 Å². The predicted octanol–water partition coefficient (Wildman–Crippen LogP) is 6.24. The summed E-state index contributed by atoms with van der Waals surface area (Å²) in [5, 5.41) is 9.06. The summed E-state index contributed by atoms with van der Waals surface area (Å²) >= 11 is 0. The van der Waals surface area contributed by atoms with E-state index in [0.29, 0.717) is 17.4 Å². The summed E-state index contributed by atoms with van der Waals surface area (Å²) in [6.45, 7) is 2.16. The zero-order valence-electron chi connectivity index (χ0n) is 19.4. The van der Waals surface area contributed by atoms with E-state index < -0.39 is 0 Å². The maximum Gasteiger partial charge on any atom is 0.244 e. The highest BCUT2D eigenvalue weighted by Gasteiger charge is 2.42. The van der Waals surface area contributed by atoms with Crippen LogP contribution >= 0.6 is 0 Å². The Morgan fingerprint density at radius 2 is 1.94 bits per heavy atom. The molecule has 1 N–H and O–H groups in total. The molecule has 172 valence electrons. The van der Waals surface area contributed by atoms with E-state index in [1.54, 1.807) is 6.08 Å². The molecule has 5 heteroatoms. The van der Waals surface area contributed by atoms with Gasteiger partial charge in [0.1, 0.15) is 11.3 Å². The first-order chi connectivity index (χ1) is 16.6. The van der Waals surface area contributed by atoms with Crippen molar-refractivity contribution in [1.82, 2.24) is 15.1 Å². The third kappa shape index (κ3) is 3.96. The Bertz CT molecular complexity index is 1320. The van der Waals surface area contributed by atoms with Gasteiger partial charge in [0.25, 0.3) is 0 Å². The van der Waals surface area contributed by atoms with Crippen LogP contribution in [0.3, 0.4) is 0 Å². The molecule has 2 saturated carbocycles. The van der Waals surface area contributed by atoms with Crippen LogP contribution in [-0.2, 0) is 4.79 Å². The molecule has 5 nitrogen and oxygen atoms in total. The van der Waals surface area contributed by atoms with Gasteiger partial charge >= 0.3 is 0 Å². The largest absolute Gasteiger partial charge is 0.454 e. The van der Waals surface area contributed by atoms with Crippen LogP contribution in [0.1, 0.15) is 38.2 Å². The first-order valence-electron chi connectivity index (χ1n) is 12.3. The molecule has 6 rings (SSSR count). The maximum atomic E-state index is 12.8. The van der Waals surface area contributed by atoms with Crippen LogP contribution < -0.4 is 5.32 Å². The highest BCUT2D eigenvalue weighted by atomic mass is 16.3. The smallest absolute Gasteiger partial charge is 0.244 e. The Morgan fingerprint density at radius 3 is 2.71 bits per heavy atom. The van der Waals surface area contributed by atoms with Gasteiger partial charge in [0.05, 0.1) is 5.69 Å². The fourth-order valence-corrected chi connectivity index (χ4v) is 5.96. The van der Waals surface area contributed by atoms with Crippen molar-refractivity contribution in [2.75, 3.05) is 0 Å². The Balaban J connectivity index is 1.27. The van der Waals surface area contributed by atoms with E-state index in [2.05, 4.69) is 12.2 Å². The molecule has 2 aromatic carbocycles. The molecule has 34 heavy (non-hydrogen) atoms. The number of rotatable bonds is 6. The lowest BCUT2D eigenvalue weighted by molar-refractivity contribution is -0.117. The number of hydrogen-bond donors (Lipinski definition) is 1. The highest BCUT2D eigenvalue weighted by Crippen LogP contribution is 2.49. The van der Waals surface area contributed by atoms with Crippen LogP contribution in [0.2, 0.25) is 0 Å². The van der Waals surface area contributed by atoms with E-state index in [9.17, 15) is 4.79 Å². The standard InChI is InChI=1S/C29H29N3O2/c1-19(25-16-20-11-12-21(25)15-20)30-28(33)14-13-23-18-32(24-8-3-2-4-9-24)31-29(23)27-17-22-7-5-6-10-26(22)34-27/h2-10,13-14,17-21,25H,11-12,15-16H2,1H3,(H,30,33). The molecule has 0 saturated heterocycles. The van der Waals surface area contributed by atoms with Crippen molar-refractivity contribution in [3.8, 4) is 17.1 Å². The van der Waals surface area contributed by atoms with E-state index >= 15 is 0 Å². The van der Waals surface area contributed by atoms with Gasteiger partial charge in [-0.05, 0) is 74.3 Å². The first-order valence-corrected chi connectivity index (χ1v) is 12.3. The van der Waals surface area contributed by atoms with Gasteiger partial charge in [-0.25, -0.2) is 4.68 Å². The molecule has 0 radical (unpaired) electrons. The van der Waals surface area contributed by atoms with E-state index in [4.69, 9.17) is 9.52 Å². The molecule has 0 aliphatic heterocycles. The number of hydrogen-bond acceptors (Lipinski definition) is 3. The third-order valence-electron chi connectivity index (χ3n) is 7.64. The maximum absolute atomic E-state index is 12.8. The molecule has 2 aliphatic carbocycles. The van der Waals surface area contributed by atoms with E-state index in [0.717, 1.165) is 34.1 Å². The molecule has 1 amide bonds. The molecule has 2 fully saturated rings. The summed E-state index contributed by atoms with van der Waals surface area (Å²) < 4.78 is 7.93. The normalized spacial score (nSPS) is 22.6. The van der Waals surface area contributed by atoms with Gasteiger partial charge in [-0.2, -0.15) is 5.10 Å². The van der Waals surface area contributed by atoms with Crippen molar-refractivity contribution in [2.24, 2.45) is 17.8 Å². The van der Waals surface area contributed by atoms with Gasteiger partial charge in [-0.3, -0.25) is 4.79 Å². The summed E-state index contributed by atoms with van der Waals surface area (Å²) in [6.07, 6.45) is 10.7. The van der Waals surface area contributed by atoms with Gasteiger partial charge < -0.3 is 9.73 Å². The fourth-order valence-electron chi connectivity index (χ4n) is 5.96. The van der Waals surface area contributed by atoms with E-state index in [1.165, 1.54) is 25.7 Å². The lowest BCUT2D eigenvalue weighted by atomic mass is 9.84. The Labute approximate surface area is 199 Å². The quantitative estimate of drug-likeness (QED) is 0.353. The van der Waals surface area contributed by atoms with Crippen molar-refractivity contribution in [3.63, 3.8) is 0 Å². The summed E-state index contributed by atoms with van der Waals surface area (Å²) in [5.41, 5.74) is 3.32. The predicted molar refractivity (Wildman–Crippen MR) is 134 cm³/mol. The number of benzene rings is 2. The number of aromatic nitrogens is 2. The van der Waals surface area contributed by atoms with Crippen molar-refractivity contribution in [2.45, 2.75) is 38.6 Å². The number of furan rings is 1. The average Bonchev–Trinajstić information content (AvgIpc) is 3.65. The second kappa shape index (κ2) is 8.64. The van der Waals surface area contributed by atoms with Crippen molar-refractivity contribution in [1.29, 1.82) is 0 Å². The van der Waals surface area contributed by atoms with Gasteiger partial charge in [0.15, 0.2) is 5.76 Å². The summed E-state index contributed by atoms with van der Waals surface area (Å²) in [5.74, 6) is 2.90. The molecule has 0 spiro atoms. The molecule has 4 aromatic rings. The van der Waals surface area contributed by atoms with Crippen molar-refractivity contribution >= 4 is 23.0 Å². The first kappa shape index (κ1) is 21.0. The minimum absolute atomic E-state index is 0.0571. The van der Waals surface area contributed by atoms with Crippen LogP contribution in [-0.4, -0.2) is 21.7 Å². The number of carbonyl (C=O) groups excluding carboxylic acids is 1. The van der Waals surface area contributed by atoms with Crippen molar-refractivity contribution < 1.29 is 9.21 Å². The van der Waals surface area contributed by atoms with Crippen molar-refractivity contribution in [3.05, 3.63) is 78.5 Å². The molecule has 2 heterocycles. The van der Waals surface area contributed by atoms with Crippen LogP contribution in [0.4, 0.5) is 0 Å². The second-order valence-electron chi connectivity index (χ2n) is 9.83. The monoisotopic (exact) mass is 451 g/mol. The number of carbonyl (C=O) groups is 1. The number of para-hydroxylation sites is 2.